The van der Waals surface area contributed by atoms with Crippen LogP contribution in [0.15, 0.2) is 0 Å². The molecule has 8 nitrogen and oxygen atoms in total. The molecule has 0 aromatic carbocycles. The Balaban J connectivity index is 1.88. The van der Waals surface area contributed by atoms with Crippen LogP contribution in [0.25, 0.3) is 0 Å². The molecule has 0 unspecified atom stereocenters. The van der Waals surface area contributed by atoms with E-state index < -0.39 is 23.6 Å². The summed E-state index contributed by atoms with van der Waals surface area (Å²) < 4.78 is 0. The van der Waals surface area contributed by atoms with Crippen LogP contribution >= 0.6 is 0 Å². The molecule has 0 atom stereocenters. The maximum absolute atomic E-state index is 11.7. The van der Waals surface area contributed by atoms with Gasteiger partial charge in [-0.05, 0) is 0 Å². The molecule has 1 N–H and O–H groups in total. The van der Waals surface area contributed by atoms with Crippen molar-refractivity contribution < 1.29 is 19.2 Å². The highest BCUT2D eigenvalue weighted by Crippen LogP contribution is 2.04. The van der Waals surface area contributed by atoms with Crippen molar-refractivity contribution >= 4 is 23.6 Å². The van der Waals surface area contributed by atoms with Crippen molar-refractivity contribution in [2.45, 2.75) is 0 Å². The molecule has 104 valence electrons. The quantitative estimate of drug-likeness (QED) is 0.562. The molecule has 2 aliphatic rings. The van der Waals surface area contributed by atoms with Crippen molar-refractivity contribution in [2.75, 3.05) is 46.3 Å². The predicted octanol–water partition coefficient (Wildman–Crippen LogP) is -2.75. The number of likely N-dealkylation sites (N-methyl/N-ethyl adjacent to an activating group) is 1. The summed E-state index contributed by atoms with van der Waals surface area (Å²) >= 11 is 0. The van der Waals surface area contributed by atoms with E-state index >= 15 is 0 Å². The Kier molecular flexibility index (Phi) is 3.68. The van der Waals surface area contributed by atoms with Gasteiger partial charge in [0.2, 0.25) is 0 Å². The second-order valence-electron chi connectivity index (χ2n) is 4.57. The van der Waals surface area contributed by atoms with Crippen molar-refractivity contribution in [1.29, 1.82) is 0 Å². The standard InChI is InChI=1S/C11H16N4O4/c1-13-4-5-15(11(19)10(13)18)7-6-14-3-2-12-8(16)9(14)17/h2-7H2,1H3,(H,12,16). The van der Waals surface area contributed by atoms with Crippen molar-refractivity contribution in [3.8, 4) is 0 Å². The van der Waals surface area contributed by atoms with Crippen LogP contribution in [-0.2, 0) is 19.2 Å². The molecule has 0 aliphatic carbocycles. The van der Waals surface area contributed by atoms with Gasteiger partial charge in [0.15, 0.2) is 0 Å². The minimum absolute atomic E-state index is 0.273. The van der Waals surface area contributed by atoms with Crippen LogP contribution in [0.3, 0.4) is 0 Å². The molecule has 0 spiro atoms. The first-order valence-corrected chi connectivity index (χ1v) is 6.12. The first-order chi connectivity index (χ1) is 9.00. The fourth-order valence-corrected chi connectivity index (χ4v) is 2.07. The number of rotatable bonds is 3. The number of carbonyl (C=O) groups is 4. The van der Waals surface area contributed by atoms with E-state index in [9.17, 15) is 19.2 Å². The lowest BCUT2D eigenvalue weighted by Gasteiger charge is -2.33. The fraction of sp³-hybridized carbons (Fsp3) is 0.636. The highest BCUT2D eigenvalue weighted by atomic mass is 16.2. The zero-order valence-corrected chi connectivity index (χ0v) is 10.7. The Morgan fingerprint density at radius 2 is 1.53 bits per heavy atom. The van der Waals surface area contributed by atoms with Gasteiger partial charge in [-0.15, -0.1) is 0 Å². The van der Waals surface area contributed by atoms with Gasteiger partial charge >= 0.3 is 23.6 Å². The third-order valence-electron chi connectivity index (χ3n) is 3.31. The minimum atomic E-state index is -0.618. The van der Waals surface area contributed by atoms with Gasteiger partial charge in [0.05, 0.1) is 0 Å². The number of piperazine rings is 2. The molecule has 8 heteroatoms. The van der Waals surface area contributed by atoms with Crippen LogP contribution in [0.5, 0.6) is 0 Å². The van der Waals surface area contributed by atoms with Crippen molar-refractivity contribution in [1.82, 2.24) is 20.0 Å². The van der Waals surface area contributed by atoms with Gasteiger partial charge in [-0.1, -0.05) is 0 Å². The lowest BCUT2D eigenvalue weighted by Crippen LogP contribution is -2.57. The number of nitrogens with zero attached hydrogens (tertiary/aromatic N) is 3. The van der Waals surface area contributed by atoms with E-state index in [2.05, 4.69) is 5.32 Å². The second kappa shape index (κ2) is 5.25. The normalized spacial score (nSPS) is 21.0. The molecule has 2 rings (SSSR count). The number of hydrogen-bond donors (Lipinski definition) is 1. The van der Waals surface area contributed by atoms with E-state index in [0.29, 0.717) is 26.2 Å². The van der Waals surface area contributed by atoms with Gasteiger partial charge in [0.1, 0.15) is 0 Å². The number of amides is 4. The summed E-state index contributed by atoms with van der Waals surface area (Å²) in [6.45, 7) is 2.33. The van der Waals surface area contributed by atoms with Crippen LogP contribution < -0.4 is 5.32 Å². The largest absolute Gasteiger partial charge is 0.346 e. The van der Waals surface area contributed by atoms with Gasteiger partial charge in [-0.25, -0.2) is 0 Å². The Labute approximate surface area is 110 Å². The first-order valence-electron chi connectivity index (χ1n) is 6.12. The molecule has 19 heavy (non-hydrogen) atoms. The fourth-order valence-electron chi connectivity index (χ4n) is 2.07. The van der Waals surface area contributed by atoms with Crippen LogP contribution in [0.4, 0.5) is 0 Å². The van der Waals surface area contributed by atoms with Gasteiger partial charge in [0, 0.05) is 46.3 Å². The zero-order valence-electron chi connectivity index (χ0n) is 10.7. The van der Waals surface area contributed by atoms with Gasteiger partial charge in [0.25, 0.3) is 0 Å². The molecule has 0 radical (unpaired) electrons. The maximum atomic E-state index is 11.7. The third-order valence-corrected chi connectivity index (χ3v) is 3.31. The van der Waals surface area contributed by atoms with E-state index in [1.165, 1.54) is 14.7 Å². The van der Waals surface area contributed by atoms with E-state index in [-0.39, 0.29) is 13.1 Å². The second-order valence-corrected chi connectivity index (χ2v) is 4.57. The van der Waals surface area contributed by atoms with Crippen LogP contribution in [0.1, 0.15) is 0 Å². The van der Waals surface area contributed by atoms with E-state index in [0.717, 1.165) is 0 Å². The Bertz CT molecular complexity index is 436. The van der Waals surface area contributed by atoms with Gasteiger partial charge in [-0.3, -0.25) is 19.2 Å². The first kappa shape index (κ1) is 13.3. The minimum Gasteiger partial charge on any atom is -0.346 e. The smallest absolute Gasteiger partial charge is 0.312 e. The van der Waals surface area contributed by atoms with Crippen LogP contribution in [-0.4, -0.2) is 84.6 Å². The lowest BCUT2D eigenvalue weighted by molar-refractivity contribution is -0.155. The highest BCUT2D eigenvalue weighted by molar-refractivity contribution is 6.36. The van der Waals surface area contributed by atoms with Gasteiger partial charge in [-0.2, -0.15) is 0 Å². The van der Waals surface area contributed by atoms with Crippen molar-refractivity contribution in [3.05, 3.63) is 0 Å². The molecule has 2 heterocycles. The maximum Gasteiger partial charge on any atom is 0.312 e. The highest BCUT2D eigenvalue weighted by Gasteiger charge is 2.31. The Morgan fingerprint density at radius 1 is 0.895 bits per heavy atom. The molecule has 2 saturated heterocycles. The Morgan fingerprint density at radius 3 is 2.21 bits per heavy atom. The summed E-state index contributed by atoms with van der Waals surface area (Å²) in [5.74, 6) is -2.29. The number of nitrogens with one attached hydrogen (secondary N) is 1. The molecular weight excluding hydrogens is 252 g/mol. The summed E-state index contributed by atoms with van der Waals surface area (Å²) in [6.07, 6.45) is 0. The molecule has 2 fully saturated rings. The number of hydrogen-bond acceptors (Lipinski definition) is 4. The van der Waals surface area contributed by atoms with Gasteiger partial charge < -0.3 is 20.0 Å². The summed E-state index contributed by atoms with van der Waals surface area (Å²) in [6, 6.07) is 0. The average Bonchev–Trinajstić information content (AvgIpc) is 2.40. The van der Waals surface area contributed by atoms with Crippen molar-refractivity contribution in [3.63, 3.8) is 0 Å². The molecule has 0 bridgehead atoms. The van der Waals surface area contributed by atoms with E-state index in [1.807, 2.05) is 0 Å². The molecule has 2 aliphatic heterocycles. The lowest BCUT2D eigenvalue weighted by atomic mass is 10.3. The third kappa shape index (κ3) is 2.67. The predicted molar refractivity (Wildman–Crippen MR) is 63.8 cm³/mol. The summed E-state index contributed by atoms with van der Waals surface area (Å²) in [7, 11) is 1.58. The summed E-state index contributed by atoms with van der Waals surface area (Å²) in [4.78, 5) is 50.1. The number of carbonyl (C=O) groups excluding carboxylic acids is 4. The van der Waals surface area contributed by atoms with Crippen LogP contribution in [0, 0.1) is 0 Å². The van der Waals surface area contributed by atoms with Crippen LogP contribution in [0.2, 0.25) is 0 Å². The summed E-state index contributed by atoms with van der Waals surface area (Å²) in [5.41, 5.74) is 0. The zero-order chi connectivity index (χ0) is 14.0. The van der Waals surface area contributed by atoms with E-state index in [4.69, 9.17) is 0 Å². The molecule has 0 aromatic heterocycles. The molecular formula is C11H16N4O4. The topological polar surface area (TPSA) is 90.0 Å². The monoisotopic (exact) mass is 268 g/mol. The molecule has 0 saturated carbocycles. The van der Waals surface area contributed by atoms with E-state index in [1.54, 1.807) is 7.05 Å². The molecule has 4 amide bonds. The average molecular weight is 268 g/mol. The SMILES string of the molecule is CN1CCN(CCN2CCNC(=O)C2=O)C(=O)C1=O. The summed E-state index contributed by atoms with van der Waals surface area (Å²) in [5, 5.41) is 2.45. The van der Waals surface area contributed by atoms with Crippen molar-refractivity contribution in [2.24, 2.45) is 0 Å². The Hall–Kier alpha value is -2.12. The molecule has 0 aromatic rings.